The summed E-state index contributed by atoms with van der Waals surface area (Å²) in [4.78, 5) is 12.8. The molecule has 1 amide bonds. The van der Waals surface area contributed by atoms with Crippen LogP contribution < -0.4 is 0 Å². The van der Waals surface area contributed by atoms with Crippen molar-refractivity contribution in [1.82, 2.24) is 4.31 Å². The molecule has 2 bridgehead atoms. The molecule has 1 heterocycles. The molecular formula is C17H21NO3S. The number of carbonyl (C=O) groups is 1. The Hall–Kier alpha value is -1.36. The molecule has 1 aliphatic heterocycles. The highest BCUT2D eigenvalue weighted by molar-refractivity contribution is 7.90. The fourth-order valence-corrected chi connectivity index (χ4v) is 7.80. The van der Waals surface area contributed by atoms with Crippen molar-refractivity contribution in [1.29, 1.82) is 0 Å². The van der Waals surface area contributed by atoms with Crippen molar-refractivity contribution >= 4 is 15.9 Å². The summed E-state index contributed by atoms with van der Waals surface area (Å²) in [5.74, 6) is 0.303. The molecule has 1 spiro atoms. The lowest BCUT2D eigenvalue weighted by Crippen LogP contribution is -2.44. The quantitative estimate of drug-likeness (QED) is 0.799. The number of fused-ring (bicyclic) bond motifs is 1. The van der Waals surface area contributed by atoms with Crippen molar-refractivity contribution < 1.29 is 13.2 Å². The maximum absolute atomic E-state index is 12.8. The molecule has 22 heavy (non-hydrogen) atoms. The summed E-state index contributed by atoms with van der Waals surface area (Å²) >= 11 is 0. The number of amides is 1. The molecule has 118 valence electrons. The number of benzene rings is 1. The van der Waals surface area contributed by atoms with Gasteiger partial charge in [-0.3, -0.25) is 4.79 Å². The van der Waals surface area contributed by atoms with Gasteiger partial charge < -0.3 is 0 Å². The average molecular weight is 319 g/mol. The van der Waals surface area contributed by atoms with Crippen molar-refractivity contribution in [2.24, 2.45) is 16.7 Å². The fraction of sp³-hybridized carbons (Fsp3) is 0.588. The third-order valence-electron chi connectivity index (χ3n) is 6.63. The molecule has 3 aliphatic rings. The topological polar surface area (TPSA) is 54.5 Å². The highest BCUT2D eigenvalue weighted by Crippen LogP contribution is 2.70. The summed E-state index contributed by atoms with van der Waals surface area (Å²) in [5, 5.41) is 0. The first kappa shape index (κ1) is 14.2. The van der Waals surface area contributed by atoms with Gasteiger partial charge in [-0.15, -0.1) is 0 Å². The first-order chi connectivity index (χ1) is 10.3. The Balaban J connectivity index is 1.80. The molecule has 0 radical (unpaired) electrons. The molecule has 2 aliphatic carbocycles. The lowest BCUT2D eigenvalue weighted by molar-refractivity contribution is 0.0701. The Labute approximate surface area is 131 Å². The van der Waals surface area contributed by atoms with E-state index in [4.69, 9.17) is 0 Å². The molecule has 0 N–H and O–H groups in total. The second kappa shape index (κ2) is 4.13. The molecule has 5 heteroatoms. The summed E-state index contributed by atoms with van der Waals surface area (Å²) in [6.07, 6.45) is 2.84. The zero-order valence-corrected chi connectivity index (χ0v) is 13.8. The maximum Gasteiger partial charge on any atom is 0.267 e. The van der Waals surface area contributed by atoms with E-state index < -0.39 is 10.0 Å². The summed E-state index contributed by atoms with van der Waals surface area (Å²) in [7, 11) is -3.52. The van der Waals surface area contributed by atoms with Crippen molar-refractivity contribution in [2.75, 3.05) is 5.75 Å². The molecule has 3 fully saturated rings. The lowest BCUT2D eigenvalue weighted by Gasteiger charge is -2.37. The van der Waals surface area contributed by atoms with Crippen LogP contribution in [-0.4, -0.2) is 30.4 Å². The SMILES string of the molecule is CC1(C)[C@@H]2CC[C@]13CS(=O)(=O)N(C(=O)c1ccccc1)[C@@H]3C2. The molecular weight excluding hydrogens is 298 g/mol. The van der Waals surface area contributed by atoms with Gasteiger partial charge in [0.1, 0.15) is 0 Å². The van der Waals surface area contributed by atoms with Gasteiger partial charge in [-0.25, -0.2) is 12.7 Å². The standard InChI is InChI=1S/C17H21NO3S/c1-16(2)13-8-9-17(16)11-22(20,21)18(14(17)10-13)15(19)12-6-4-3-5-7-12/h3-7,13-14H,8-11H2,1-2H3/t13-,14-,17-/m1/s1. The van der Waals surface area contributed by atoms with E-state index >= 15 is 0 Å². The predicted octanol–water partition coefficient (Wildman–Crippen LogP) is 2.67. The van der Waals surface area contributed by atoms with Crippen molar-refractivity contribution in [3.8, 4) is 0 Å². The minimum atomic E-state index is -3.52. The van der Waals surface area contributed by atoms with Crippen LogP contribution in [0.25, 0.3) is 0 Å². The second-order valence-electron chi connectivity index (χ2n) is 7.59. The molecule has 1 saturated heterocycles. The molecule has 4 rings (SSSR count). The van der Waals surface area contributed by atoms with Crippen molar-refractivity contribution in [3.63, 3.8) is 0 Å². The number of hydrogen-bond donors (Lipinski definition) is 0. The lowest BCUT2D eigenvalue weighted by atomic mass is 9.69. The van der Waals surface area contributed by atoms with E-state index in [9.17, 15) is 13.2 Å². The van der Waals surface area contributed by atoms with Crippen LogP contribution in [0.15, 0.2) is 30.3 Å². The molecule has 3 atom stereocenters. The Kier molecular flexibility index (Phi) is 2.68. The van der Waals surface area contributed by atoms with Crippen LogP contribution in [0.1, 0.15) is 43.5 Å². The van der Waals surface area contributed by atoms with Gasteiger partial charge in [-0.05, 0) is 42.7 Å². The number of sulfonamides is 1. The van der Waals surface area contributed by atoms with E-state index in [1.807, 2.05) is 6.07 Å². The van der Waals surface area contributed by atoms with Gasteiger partial charge in [0.15, 0.2) is 0 Å². The second-order valence-corrected chi connectivity index (χ2v) is 9.43. The zero-order chi connectivity index (χ0) is 15.8. The minimum absolute atomic E-state index is 0.00352. The summed E-state index contributed by atoms with van der Waals surface area (Å²) in [6.45, 7) is 4.38. The van der Waals surface area contributed by atoms with E-state index in [1.54, 1.807) is 24.3 Å². The van der Waals surface area contributed by atoms with E-state index in [-0.39, 0.29) is 28.5 Å². The Morgan fingerprint density at radius 3 is 2.55 bits per heavy atom. The highest BCUT2D eigenvalue weighted by atomic mass is 32.2. The number of rotatable bonds is 1. The number of nitrogens with zero attached hydrogens (tertiary/aromatic N) is 1. The first-order valence-corrected chi connectivity index (χ1v) is 9.52. The Morgan fingerprint density at radius 2 is 1.91 bits per heavy atom. The van der Waals surface area contributed by atoms with Gasteiger partial charge in [-0.1, -0.05) is 32.0 Å². The predicted molar refractivity (Wildman–Crippen MR) is 83.7 cm³/mol. The average Bonchev–Trinajstić information content (AvgIpc) is 2.94. The highest BCUT2D eigenvalue weighted by Gasteiger charge is 2.72. The molecule has 2 saturated carbocycles. The van der Waals surface area contributed by atoms with E-state index in [0.29, 0.717) is 11.5 Å². The van der Waals surface area contributed by atoms with Gasteiger partial charge in [0.25, 0.3) is 5.91 Å². The van der Waals surface area contributed by atoms with Crippen molar-refractivity contribution in [2.45, 2.75) is 39.2 Å². The van der Waals surface area contributed by atoms with Crippen LogP contribution in [0.2, 0.25) is 0 Å². The third-order valence-corrected chi connectivity index (χ3v) is 8.53. The first-order valence-electron chi connectivity index (χ1n) is 7.91. The van der Waals surface area contributed by atoms with Crippen LogP contribution in [0.3, 0.4) is 0 Å². The third kappa shape index (κ3) is 1.53. The smallest absolute Gasteiger partial charge is 0.267 e. The van der Waals surface area contributed by atoms with Gasteiger partial charge in [0.2, 0.25) is 10.0 Å². The molecule has 1 aromatic carbocycles. The summed E-state index contributed by atoms with van der Waals surface area (Å²) < 4.78 is 26.8. The minimum Gasteiger partial charge on any atom is -0.268 e. The maximum atomic E-state index is 12.8. The Morgan fingerprint density at radius 1 is 1.23 bits per heavy atom. The van der Waals surface area contributed by atoms with E-state index in [1.165, 1.54) is 4.31 Å². The summed E-state index contributed by atoms with van der Waals surface area (Å²) in [6, 6.07) is 8.62. The van der Waals surface area contributed by atoms with Gasteiger partial charge in [0.05, 0.1) is 11.8 Å². The van der Waals surface area contributed by atoms with Gasteiger partial charge >= 0.3 is 0 Å². The molecule has 0 unspecified atom stereocenters. The van der Waals surface area contributed by atoms with E-state index in [2.05, 4.69) is 13.8 Å². The van der Waals surface area contributed by atoms with Gasteiger partial charge in [0, 0.05) is 11.0 Å². The van der Waals surface area contributed by atoms with Crippen molar-refractivity contribution in [3.05, 3.63) is 35.9 Å². The van der Waals surface area contributed by atoms with Crippen LogP contribution in [0, 0.1) is 16.7 Å². The summed E-state index contributed by atoms with van der Waals surface area (Å²) in [5.41, 5.74) is 0.209. The number of hydrogen-bond acceptors (Lipinski definition) is 3. The van der Waals surface area contributed by atoms with Crippen LogP contribution in [-0.2, 0) is 10.0 Å². The number of carbonyl (C=O) groups excluding carboxylic acids is 1. The zero-order valence-electron chi connectivity index (χ0n) is 13.0. The fourth-order valence-electron chi connectivity index (χ4n) is 5.26. The monoisotopic (exact) mass is 319 g/mol. The molecule has 1 aromatic rings. The van der Waals surface area contributed by atoms with Crippen LogP contribution in [0.5, 0.6) is 0 Å². The van der Waals surface area contributed by atoms with Crippen LogP contribution in [0.4, 0.5) is 0 Å². The largest absolute Gasteiger partial charge is 0.268 e. The normalized spacial score (nSPS) is 37.3. The van der Waals surface area contributed by atoms with E-state index in [0.717, 1.165) is 19.3 Å². The van der Waals surface area contributed by atoms with Crippen LogP contribution >= 0.6 is 0 Å². The van der Waals surface area contributed by atoms with Gasteiger partial charge in [-0.2, -0.15) is 0 Å². The molecule has 4 nitrogen and oxygen atoms in total. The molecule has 0 aromatic heterocycles. The Bertz CT molecular complexity index is 740.